The predicted molar refractivity (Wildman–Crippen MR) is 111 cm³/mol. The number of hydrogen-bond donors (Lipinski definition) is 2. The lowest BCUT2D eigenvalue weighted by Gasteiger charge is -2.27. The summed E-state index contributed by atoms with van der Waals surface area (Å²) in [6.07, 6.45) is 7.65. The van der Waals surface area contributed by atoms with Gasteiger partial charge in [-0.3, -0.25) is 9.98 Å². The third kappa shape index (κ3) is 3.45. The van der Waals surface area contributed by atoms with Crippen molar-refractivity contribution in [3.8, 4) is 11.4 Å². The van der Waals surface area contributed by atoms with E-state index in [1.165, 1.54) is 36.1 Å². The number of aliphatic imine (C=N–C) groups is 1. The average Bonchev–Trinajstić information content (AvgIpc) is 2.96. The highest BCUT2D eigenvalue weighted by atomic mass is 15.5. The van der Waals surface area contributed by atoms with Crippen LogP contribution in [0.5, 0.6) is 0 Å². The van der Waals surface area contributed by atoms with E-state index >= 15 is 0 Å². The quantitative estimate of drug-likeness (QED) is 0.782. The molecule has 28 heavy (non-hydrogen) atoms. The van der Waals surface area contributed by atoms with Gasteiger partial charge in [0, 0.05) is 35.1 Å². The Labute approximate surface area is 166 Å². The van der Waals surface area contributed by atoms with E-state index in [2.05, 4.69) is 58.6 Å². The average molecular weight is 380 g/mol. The number of H-pyrrole nitrogens is 1. The van der Waals surface area contributed by atoms with Crippen LogP contribution in [0.15, 0.2) is 10.6 Å². The van der Waals surface area contributed by atoms with Crippen LogP contribution in [0.4, 0.5) is 0 Å². The smallest absolute Gasteiger partial charge is 0.207 e. The summed E-state index contributed by atoms with van der Waals surface area (Å²) in [4.78, 5) is 9.71. The largest absolute Gasteiger partial charge is 0.382 e. The molecule has 0 saturated heterocycles. The summed E-state index contributed by atoms with van der Waals surface area (Å²) in [7, 11) is 0. The summed E-state index contributed by atoms with van der Waals surface area (Å²) in [5.41, 5.74) is 7.93. The monoisotopic (exact) mass is 379 g/mol. The zero-order chi connectivity index (χ0) is 19.7. The van der Waals surface area contributed by atoms with Crippen LogP contribution < -0.4 is 5.32 Å². The van der Waals surface area contributed by atoms with E-state index in [1.807, 2.05) is 6.21 Å². The summed E-state index contributed by atoms with van der Waals surface area (Å²) < 4.78 is 0. The van der Waals surface area contributed by atoms with Crippen LogP contribution >= 0.6 is 0 Å². The Bertz CT molecular complexity index is 917. The minimum Gasteiger partial charge on any atom is -0.382 e. The molecule has 2 aromatic rings. The fourth-order valence-electron chi connectivity index (χ4n) is 4.16. The maximum absolute atomic E-state index is 5.20. The zero-order valence-corrected chi connectivity index (χ0v) is 17.3. The Morgan fingerprint density at radius 3 is 2.61 bits per heavy atom. The molecule has 2 N–H and O–H groups in total. The van der Waals surface area contributed by atoms with Crippen LogP contribution in [0.2, 0.25) is 0 Å². The van der Waals surface area contributed by atoms with Crippen LogP contribution in [0.25, 0.3) is 17.1 Å². The van der Waals surface area contributed by atoms with Gasteiger partial charge in [0.25, 0.3) is 0 Å². The minimum absolute atomic E-state index is 0.140. The number of nitrogens with one attached hydrogen (secondary N) is 2. The zero-order valence-electron chi connectivity index (χ0n) is 17.3. The molecule has 1 aliphatic carbocycles. The molecule has 0 atom stereocenters. The molecule has 0 spiro atoms. The third-order valence-electron chi connectivity index (χ3n) is 5.48. The SMILES string of the molecule is CC1=C(c2c3c(nc(C(C)(C)C)c2-c2nn[nH]n2)CCCCC3)NCCN=C1. The molecular formula is C21H29N7. The second-order valence-corrected chi connectivity index (χ2v) is 8.70. The first-order valence-corrected chi connectivity index (χ1v) is 10.2. The molecule has 0 fully saturated rings. The highest BCUT2D eigenvalue weighted by molar-refractivity contribution is 5.94. The Balaban J connectivity index is 2.10. The summed E-state index contributed by atoms with van der Waals surface area (Å²) in [5.74, 6) is 0.614. The lowest BCUT2D eigenvalue weighted by Crippen LogP contribution is -2.23. The van der Waals surface area contributed by atoms with Crippen molar-refractivity contribution in [1.82, 2.24) is 30.9 Å². The van der Waals surface area contributed by atoms with Gasteiger partial charge >= 0.3 is 0 Å². The molecule has 0 saturated carbocycles. The van der Waals surface area contributed by atoms with Crippen molar-refractivity contribution in [3.63, 3.8) is 0 Å². The molecule has 148 valence electrons. The predicted octanol–water partition coefficient (Wildman–Crippen LogP) is 3.23. The van der Waals surface area contributed by atoms with Crippen molar-refractivity contribution >= 4 is 11.9 Å². The van der Waals surface area contributed by atoms with E-state index in [0.717, 1.165) is 48.5 Å². The Morgan fingerprint density at radius 1 is 1.04 bits per heavy atom. The number of nitrogens with zero attached hydrogens (tertiary/aromatic N) is 5. The van der Waals surface area contributed by atoms with Gasteiger partial charge in [-0.05, 0) is 49.0 Å². The number of hydrogen-bond acceptors (Lipinski definition) is 6. The molecule has 0 bridgehead atoms. The number of aryl methyl sites for hydroxylation is 1. The molecular weight excluding hydrogens is 350 g/mol. The number of aromatic nitrogens is 5. The lowest BCUT2D eigenvalue weighted by molar-refractivity contribution is 0.565. The molecule has 7 nitrogen and oxygen atoms in total. The molecule has 2 aromatic heterocycles. The molecule has 3 heterocycles. The molecule has 4 rings (SSSR count). The Kier molecular flexibility index (Phi) is 5.00. The Morgan fingerprint density at radius 2 is 1.86 bits per heavy atom. The van der Waals surface area contributed by atoms with Crippen molar-refractivity contribution < 1.29 is 0 Å². The van der Waals surface area contributed by atoms with Crippen molar-refractivity contribution in [2.75, 3.05) is 13.1 Å². The molecule has 0 unspecified atom stereocenters. The minimum atomic E-state index is -0.140. The van der Waals surface area contributed by atoms with E-state index in [9.17, 15) is 0 Å². The molecule has 1 aliphatic heterocycles. The van der Waals surface area contributed by atoms with E-state index < -0.39 is 0 Å². The standard InChI is InChI=1S/C21H29N7/c1-13-12-22-10-11-23-18(13)16-14-8-6-5-7-9-15(14)24-19(21(2,3)4)17(16)20-25-27-28-26-20/h12,23H,5-11H2,1-4H3,(H,25,26,27,28). The summed E-state index contributed by atoms with van der Waals surface area (Å²) in [5, 5.41) is 18.9. The Hall–Kier alpha value is -2.57. The van der Waals surface area contributed by atoms with E-state index in [4.69, 9.17) is 4.98 Å². The van der Waals surface area contributed by atoms with Crippen molar-refractivity contribution in [2.45, 2.75) is 65.2 Å². The van der Waals surface area contributed by atoms with Gasteiger partial charge in [0.15, 0.2) is 0 Å². The fraction of sp³-hybridized carbons (Fsp3) is 0.571. The number of fused-ring (bicyclic) bond motifs is 1. The van der Waals surface area contributed by atoms with Crippen molar-refractivity contribution in [3.05, 3.63) is 28.1 Å². The fourth-order valence-corrected chi connectivity index (χ4v) is 4.16. The first-order valence-electron chi connectivity index (χ1n) is 10.2. The van der Waals surface area contributed by atoms with Crippen LogP contribution in [-0.2, 0) is 18.3 Å². The first kappa shape index (κ1) is 18.8. The van der Waals surface area contributed by atoms with Gasteiger partial charge < -0.3 is 5.32 Å². The molecule has 2 aliphatic rings. The van der Waals surface area contributed by atoms with Gasteiger partial charge in [0.05, 0.1) is 17.8 Å². The highest BCUT2D eigenvalue weighted by Crippen LogP contribution is 2.40. The van der Waals surface area contributed by atoms with Crippen LogP contribution in [0.3, 0.4) is 0 Å². The van der Waals surface area contributed by atoms with E-state index in [-0.39, 0.29) is 5.41 Å². The van der Waals surface area contributed by atoms with Gasteiger partial charge in [-0.25, -0.2) is 0 Å². The first-order chi connectivity index (χ1) is 13.5. The van der Waals surface area contributed by atoms with Crippen molar-refractivity contribution in [1.29, 1.82) is 0 Å². The topological polar surface area (TPSA) is 91.7 Å². The number of pyridine rings is 1. The number of rotatable bonds is 2. The molecule has 0 aromatic carbocycles. The summed E-state index contributed by atoms with van der Waals surface area (Å²) in [6, 6.07) is 0. The van der Waals surface area contributed by atoms with Gasteiger partial charge in [-0.1, -0.05) is 27.2 Å². The maximum Gasteiger partial charge on any atom is 0.207 e. The maximum atomic E-state index is 5.20. The van der Waals surface area contributed by atoms with E-state index in [1.54, 1.807) is 0 Å². The summed E-state index contributed by atoms with van der Waals surface area (Å²) in [6.45, 7) is 10.3. The van der Waals surface area contributed by atoms with Gasteiger partial charge in [0.1, 0.15) is 0 Å². The molecule has 7 heteroatoms. The van der Waals surface area contributed by atoms with Crippen LogP contribution in [0.1, 0.15) is 69.5 Å². The highest BCUT2D eigenvalue weighted by Gasteiger charge is 2.31. The van der Waals surface area contributed by atoms with Gasteiger partial charge in [0.2, 0.25) is 5.82 Å². The number of allylic oxidation sites excluding steroid dienone is 1. The molecule has 0 amide bonds. The van der Waals surface area contributed by atoms with Crippen LogP contribution in [0, 0.1) is 0 Å². The third-order valence-corrected chi connectivity index (χ3v) is 5.48. The number of aromatic amines is 1. The van der Waals surface area contributed by atoms with Gasteiger partial charge in [-0.15, -0.1) is 10.2 Å². The second-order valence-electron chi connectivity index (χ2n) is 8.70. The van der Waals surface area contributed by atoms with E-state index in [0.29, 0.717) is 5.82 Å². The second kappa shape index (κ2) is 7.45. The van der Waals surface area contributed by atoms with Crippen molar-refractivity contribution in [2.24, 2.45) is 4.99 Å². The van der Waals surface area contributed by atoms with Gasteiger partial charge in [-0.2, -0.15) is 5.21 Å². The normalized spacial score (nSPS) is 17.7. The number of tetrazole rings is 1. The lowest BCUT2D eigenvalue weighted by atomic mass is 9.82. The summed E-state index contributed by atoms with van der Waals surface area (Å²) >= 11 is 0. The molecule has 0 radical (unpaired) electrons. The van der Waals surface area contributed by atoms with Crippen LogP contribution in [-0.4, -0.2) is 44.9 Å².